The highest BCUT2D eigenvalue weighted by Crippen LogP contribution is 2.24. The van der Waals surface area contributed by atoms with Crippen LogP contribution in [0, 0.1) is 6.92 Å². The number of sulfone groups is 1. The summed E-state index contributed by atoms with van der Waals surface area (Å²) in [5.41, 5.74) is 2.34. The van der Waals surface area contributed by atoms with E-state index in [1.54, 1.807) is 18.2 Å². The number of carbonyl (C=O) groups excluding carboxylic acids is 1. The minimum atomic E-state index is -4.15. The molecule has 1 N–H and O–H groups in total. The highest BCUT2D eigenvalue weighted by atomic mass is 35.5. The minimum absolute atomic E-state index is 0.0455. The Labute approximate surface area is 202 Å². The van der Waals surface area contributed by atoms with Crippen molar-refractivity contribution in [1.82, 2.24) is 4.57 Å². The fraction of sp³-hybridized carbons (Fsp3) is 0.154. The van der Waals surface area contributed by atoms with Gasteiger partial charge in [-0.2, -0.15) is 0 Å². The van der Waals surface area contributed by atoms with E-state index < -0.39 is 15.3 Å². The molecule has 0 atom stereocenters. The van der Waals surface area contributed by atoms with Crippen LogP contribution in [0.2, 0.25) is 5.02 Å². The molecule has 0 unspecified atom stereocenters. The first-order valence-corrected chi connectivity index (χ1v) is 12.6. The van der Waals surface area contributed by atoms with Crippen molar-refractivity contribution in [3.05, 3.63) is 99.3 Å². The van der Waals surface area contributed by atoms with E-state index in [1.807, 2.05) is 38.1 Å². The van der Waals surface area contributed by atoms with Gasteiger partial charge in [-0.25, -0.2) is 8.42 Å². The Morgan fingerprint density at radius 3 is 2.41 bits per heavy atom. The molecule has 8 heteroatoms. The van der Waals surface area contributed by atoms with Crippen LogP contribution in [0.1, 0.15) is 18.1 Å². The van der Waals surface area contributed by atoms with Crippen molar-refractivity contribution < 1.29 is 13.2 Å². The predicted octanol–water partition coefficient (Wildman–Crippen LogP) is 5.00. The number of hydrogen-bond acceptors (Lipinski definition) is 4. The number of amides is 1. The van der Waals surface area contributed by atoms with Crippen molar-refractivity contribution in [2.75, 3.05) is 5.32 Å². The van der Waals surface area contributed by atoms with Crippen molar-refractivity contribution in [2.45, 2.75) is 36.6 Å². The van der Waals surface area contributed by atoms with E-state index in [2.05, 4.69) is 5.32 Å². The summed E-state index contributed by atoms with van der Waals surface area (Å²) in [6.07, 6.45) is 1.93. The zero-order valence-corrected chi connectivity index (χ0v) is 20.3. The number of nitrogens with zero attached hydrogens (tertiary/aromatic N) is 1. The van der Waals surface area contributed by atoms with Gasteiger partial charge in [-0.3, -0.25) is 9.59 Å². The molecule has 0 radical (unpaired) electrons. The second-order valence-electron chi connectivity index (χ2n) is 7.98. The first-order chi connectivity index (χ1) is 16.2. The molecule has 0 aliphatic rings. The van der Waals surface area contributed by atoms with Crippen LogP contribution in [-0.2, 0) is 27.6 Å². The standard InChI is InChI=1S/C26H23ClN2O4S/c1-3-18-8-13-23-21(14-18)26(31)24(34(32,33)20-11-9-19(27)10-12-20)15-29(23)16-25(30)28-22-7-5-4-6-17(22)2/h4-15H,3,16H2,1-2H3,(H,28,30). The summed E-state index contributed by atoms with van der Waals surface area (Å²) < 4.78 is 28.3. The van der Waals surface area contributed by atoms with Gasteiger partial charge in [0, 0.05) is 22.3 Å². The first-order valence-electron chi connectivity index (χ1n) is 10.7. The largest absolute Gasteiger partial charge is 0.336 e. The molecule has 4 rings (SSSR count). The normalized spacial score (nSPS) is 11.5. The summed E-state index contributed by atoms with van der Waals surface area (Å²) in [5, 5.41) is 3.49. The van der Waals surface area contributed by atoms with Gasteiger partial charge in [-0.15, -0.1) is 0 Å². The molecule has 1 aromatic heterocycles. The molecule has 34 heavy (non-hydrogen) atoms. The summed E-state index contributed by atoms with van der Waals surface area (Å²) in [6, 6.07) is 18.3. The van der Waals surface area contributed by atoms with E-state index in [0.29, 0.717) is 22.6 Å². The van der Waals surface area contributed by atoms with Gasteiger partial charge in [0.05, 0.1) is 10.4 Å². The molecule has 174 valence electrons. The number of hydrogen-bond donors (Lipinski definition) is 1. The predicted molar refractivity (Wildman–Crippen MR) is 134 cm³/mol. The lowest BCUT2D eigenvalue weighted by molar-refractivity contribution is -0.116. The topological polar surface area (TPSA) is 85.2 Å². The molecule has 1 heterocycles. The molecule has 6 nitrogen and oxygen atoms in total. The number of carbonyl (C=O) groups is 1. The third-order valence-corrected chi connectivity index (χ3v) is 7.68. The molecular weight excluding hydrogens is 472 g/mol. The first kappa shape index (κ1) is 23.7. The average molecular weight is 495 g/mol. The number of nitrogens with one attached hydrogen (secondary N) is 1. The number of para-hydroxylation sites is 1. The van der Waals surface area contributed by atoms with Crippen LogP contribution in [0.3, 0.4) is 0 Å². The van der Waals surface area contributed by atoms with E-state index in [4.69, 9.17) is 11.6 Å². The van der Waals surface area contributed by atoms with Crippen LogP contribution >= 0.6 is 11.6 Å². The van der Waals surface area contributed by atoms with Crippen molar-refractivity contribution in [3.8, 4) is 0 Å². The van der Waals surface area contributed by atoms with Gasteiger partial charge in [0.15, 0.2) is 0 Å². The zero-order chi connectivity index (χ0) is 24.5. The molecule has 3 aromatic carbocycles. The van der Waals surface area contributed by atoms with Crippen molar-refractivity contribution >= 4 is 43.9 Å². The van der Waals surface area contributed by atoms with E-state index in [1.165, 1.54) is 35.0 Å². The molecule has 0 saturated heterocycles. The number of anilines is 1. The highest BCUT2D eigenvalue weighted by molar-refractivity contribution is 7.91. The lowest BCUT2D eigenvalue weighted by Gasteiger charge is -2.15. The van der Waals surface area contributed by atoms with Crippen LogP contribution in [-0.4, -0.2) is 18.9 Å². The lowest BCUT2D eigenvalue weighted by Crippen LogP contribution is -2.24. The third-order valence-electron chi connectivity index (χ3n) is 5.67. The van der Waals surface area contributed by atoms with Crippen molar-refractivity contribution in [3.63, 3.8) is 0 Å². The number of pyridine rings is 1. The van der Waals surface area contributed by atoms with E-state index in [-0.39, 0.29) is 27.6 Å². The summed E-state index contributed by atoms with van der Waals surface area (Å²) >= 11 is 5.91. The smallest absolute Gasteiger partial charge is 0.244 e. The fourth-order valence-corrected chi connectivity index (χ4v) is 5.25. The van der Waals surface area contributed by atoms with Crippen LogP contribution in [0.15, 0.2) is 87.5 Å². The second kappa shape index (κ2) is 9.44. The van der Waals surface area contributed by atoms with Crippen LogP contribution in [0.5, 0.6) is 0 Å². The quantitative estimate of drug-likeness (QED) is 0.409. The molecule has 0 aliphatic heterocycles. The second-order valence-corrected chi connectivity index (χ2v) is 10.3. The Morgan fingerprint density at radius 1 is 1.03 bits per heavy atom. The number of aromatic nitrogens is 1. The number of halogens is 1. The van der Waals surface area contributed by atoms with Gasteiger partial charge in [-0.1, -0.05) is 42.8 Å². The van der Waals surface area contributed by atoms with Gasteiger partial charge in [0.2, 0.25) is 21.2 Å². The van der Waals surface area contributed by atoms with Crippen molar-refractivity contribution in [2.24, 2.45) is 0 Å². The van der Waals surface area contributed by atoms with Crippen LogP contribution in [0.25, 0.3) is 10.9 Å². The molecule has 0 aliphatic carbocycles. The highest BCUT2D eigenvalue weighted by Gasteiger charge is 2.24. The van der Waals surface area contributed by atoms with E-state index in [0.717, 1.165) is 11.1 Å². The summed E-state index contributed by atoms with van der Waals surface area (Å²) in [7, 11) is -4.15. The maximum absolute atomic E-state index is 13.4. The van der Waals surface area contributed by atoms with E-state index in [9.17, 15) is 18.0 Å². The summed E-state index contributed by atoms with van der Waals surface area (Å²) in [6.45, 7) is 3.66. The molecule has 0 spiro atoms. The van der Waals surface area contributed by atoms with Crippen LogP contribution in [0.4, 0.5) is 5.69 Å². The van der Waals surface area contributed by atoms with Crippen LogP contribution < -0.4 is 10.7 Å². The number of benzene rings is 3. The Balaban J connectivity index is 1.85. The maximum atomic E-state index is 13.4. The Kier molecular flexibility index (Phi) is 6.59. The summed E-state index contributed by atoms with van der Waals surface area (Å²) in [5.74, 6) is -0.339. The third kappa shape index (κ3) is 4.62. The molecule has 4 aromatic rings. The molecule has 0 bridgehead atoms. The summed E-state index contributed by atoms with van der Waals surface area (Å²) in [4.78, 5) is 25.8. The molecule has 0 fully saturated rings. The molecule has 1 amide bonds. The maximum Gasteiger partial charge on any atom is 0.244 e. The number of aryl methyl sites for hydroxylation is 2. The van der Waals surface area contributed by atoms with Crippen molar-refractivity contribution in [1.29, 1.82) is 0 Å². The SMILES string of the molecule is CCc1ccc2c(c1)c(=O)c(S(=O)(=O)c1ccc(Cl)cc1)cn2CC(=O)Nc1ccccc1C. The Bertz CT molecular complexity index is 1560. The Hall–Kier alpha value is -3.42. The zero-order valence-electron chi connectivity index (χ0n) is 18.7. The monoisotopic (exact) mass is 494 g/mol. The molecular formula is C26H23ClN2O4S. The van der Waals surface area contributed by atoms with Gasteiger partial charge in [0.1, 0.15) is 11.4 Å². The van der Waals surface area contributed by atoms with Gasteiger partial charge < -0.3 is 9.88 Å². The van der Waals surface area contributed by atoms with Gasteiger partial charge >= 0.3 is 0 Å². The minimum Gasteiger partial charge on any atom is -0.336 e. The lowest BCUT2D eigenvalue weighted by atomic mass is 10.1. The number of rotatable bonds is 6. The average Bonchev–Trinajstić information content (AvgIpc) is 2.82. The Morgan fingerprint density at radius 2 is 1.74 bits per heavy atom. The van der Waals surface area contributed by atoms with E-state index >= 15 is 0 Å². The van der Waals surface area contributed by atoms with Gasteiger partial charge in [-0.05, 0) is 66.9 Å². The van der Waals surface area contributed by atoms with Gasteiger partial charge in [0.25, 0.3) is 0 Å². The molecule has 0 saturated carbocycles. The number of fused-ring (bicyclic) bond motifs is 1. The fourth-order valence-electron chi connectivity index (χ4n) is 3.76.